The Hall–Kier alpha value is -3.57. The smallest absolute Gasteiger partial charge is 0.409 e. The van der Waals surface area contributed by atoms with E-state index in [-0.39, 0.29) is 35.9 Å². The highest BCUT2D eigenvalue weighted by atomic mass is 35.5. The van der Waals surface area contributed by atoms with Crippen LogP contribution < -0.4 is 5.32 Å². The van der Waals surface area contributed by atoms with Gasteiger partial charge in [-0.1, -0.05) is 23.7 Å². The molecule has 1 aliphatic heterocycles. The summed E-state index contributed by atoms with van der Waals surface area (Å²) in [6.45, 7) is 1.42. The summed E-state index contributed by atoms with van der Waals surface area (Å²) in [5.41, 5.74) is -1.09. The van der Waals surface area contributed by atoms with Gasteiger partial charge in [0.15, 0.2) is 12.0 Å². The maximum Gasteiger partial charge on any atom is 0.409 e. The number of ketones is 1. The minimum absolute atomic E-state index is 0.0603. The van der Waals surface area contributed by atoms with Crippen LogP contribution in [0.15, 0.2) is 42.7 Å². The van der Waals surface area contributed by atoms with Crippen molar-refractivity contribution in [2.24, 2.45) is 0 Å². The molecule has 3 aromatic rings. The number of amides is 2. The van der Waals surface area contributed by atoms with E-state index < -0.39 is 42.4 Å². The number of Topliss-reactive ketones (excluding diaryl/α,β-unsaturated/α-hetero) is 1. The maximum atomic E-state index is 14.9. The van der Waals surface area contributed by atoms with Crippen LogP contribution in [0.2, 0.25) is 5.02 Å². The summed E-state index contributed by atoms with van der Waals surface area (Å²) in [6.07, 6.45) is 0.415. The van der Waals surface area contributed by atoms with Crippen LogP contribution in [0, 0.1) is 5.82 Å². The fraction of sp³-hybridized carbons (Fsp3) is 0.360. The molecule has 3 heterocycles. The third-order valence-electron chi connectivity index (χ3n) is 6.16. The molecule has 0 radical (unpaired) electrons. The van der Waals surface area contributed by atoms with Gasteiger partial charge in [-0.3, -0.25) is 9.59 Å². The molecular weight excluding hydrogens is 510 g/mol. The van der Waals surface area contributed by atoms with E-state index in [2.05, 4.69) is 10.3 Å². The predicted octanol–water partition coefficient (Wildman–Crippen LogP) is 3.78. The number of alkyl carbamates (subject to hydrolysis) is 1. The Morgan fingerprint density at radius 3 is 2.78 bits per heavy atom. The number of carbonyl (C=O) groups is 3. The first-order valence-electron chi connectivity index (χ1n) is 11.5. The number of ether oxygens (including phenoxy) is 1. The van der Waals surface area contributed by atoms with Crippen LogP contribution in [0.4, 0.5) is 13.6 Å². The van der Waals surface area contributed by atoms with E-state index in [1.165, 1.54) is 49.0 Å². The van der Waals surface area contributed by atoms with Gasteiger partial charge in [0.25, 0.3) is 0 Å². The topological polar surface area (TPSA) is 114 Å². The zero-order chi connectivity index (χ0) is 26.9. The number of likely N-dealkylation sites (tertiary alicyclic amines) is 1. The van der Waals surface area contributed by atoms with Gasteiger partial charge in [-0.25, -0.2) is 18.6 Å². The van der Waals surface area contributed by atoms with Crippen molar-refractivity contribution in [3.8, 4) is 0 Å². The number of aromatic nitrogens is 2. The molecule has 1 aromatic carbocycles. The Balaban J connectivity index is 1.51. The van der Waals surface area contributed by atoms with Crippen molar-refractivity contribution >= 4 is 40.4 Å². The van der Waals surface area contributed by atoms with Crippen LogP contribution >= 0.6 is 11.6 Å². The van der Waals surface area contributed by atoms with Crippen LogP contribution in [0.25, 0.3) is 11.0 Å². The molecule has 2 N–H and O–H groups in total. The zero-order valence-corrected chi connectivity index (χ0v) is 20.8. The van der Waals surface area contributed by atoms with Gasteiger partial charge in [-0.2, -0.15) is 0 Å². The number of fused-ring (bicyclic) bond motifs is 1. The number of pyridine rings is 1. The van der Waals surface area contributed by atoms with Gasteiger partial charge in [0.05, 0.1) is 24.2 Å². The highest BCUT2D eigenvalue weighted by molar-refractivity contribution is 6.30. The fourth-order valence-corrected chi connectivity index (χ4v) is 4.60. The van der Waals surface area contributed by atoms with Crippen molar-refractivity contribution in [2.45, 2.75) is 44.8 Å². The van der Waals surface area contributed by atoms with E-state index in [9.17, 15) is 28.3 Å². The molecule has 2 aromatic heterocycles. The standard InChI is InChI=1S/C25H25ClF2N4O5/c1-14(34)17-10-31(23-15(17)6-4-8-29-23)11-20(35)32-13-25(2,28)9-21(32)37-24(36)30-19(12-33)16-5-3-7-18(26)22(16)27/h3-8,10,19,21,33H,9,11-13H2,1-2H3,(H,30,36)/t19-,21+,25-/m1/s1. The number of nitrogens with zero attached hydrogens (tertiary/aromatic N) is 3. The summed E-state index contributed by atoms with van der Waals surface area (Å²) in [5, 5.41) is 12.4. The molecule has 0 saturated carbocycles. The lowest BCUT2D eigenvalue weighted by Gasteiger charge is -2.25. The summed E-state index contributed by atoms with van der Waals surface area (Å²) in [4.78, 5) is 43.2. The maximum absolute atomic E-state index is 14.9. The summed E-state index contributed by atoms with van der Waals surface area (Å²) < 4.78 is 36.1. The normalized spacial score (nSPS) is 20.2. The zero-order valence-electron chi connectivity index (χ0n) is 20.1. The van der Waals surface area contributed by atoms with Gasteiger partial charge in [0.1, 0.15) is 23.7 Å². The van der Waals surface area contributed by atoms with Crippen LogP contribution in [0.1, 0.15) is 42.2 Å². The minimum Gasteiger partial charge on any atom is -0.425 e. The van der Waals surface area contributed by atoms with Gasteiger partial charge in [0.2, 0.25) is 5.91 Å². The van der Waals surface area contributed by atoms with Crippen LogP contribution in [0.3, 0.4) is 0 Å². The quantitative estimate of drug-likeness (QED) is 0.446. The van der Waals surface area contributed by atoms with Gasteiger partial charge < -0.3 is 24.6 Å². The SMILES string of the molecule is CC(=O)c1cn(CC(=O)N2C[C@](C)(F)C[C@@H]2OC(=O)N[C@H](CO)c2cccc(Cl)c2F)c2ncccc12. The van der Waals surface area contributed by atoms with E-state index in [0.29, 0.717) is 16.6 Å². The highest BCUT2D eigenvalue weighted by Gasteiger charge is 2.45. The average Bonchev–Trinajstić information content (AvgIpc) is 3.36. The lowest BCUT2D eigenvalue weighted by Crippen LogP contribution is -2.43. The lowest BCUT2D eigenvalue weighted by atomic mass is 10.1. The van der Waals surface area contributed by atoms with Crippen molar-refractivity contribution in [3.63, 3.8) is 0 Å². The number of halogens is 3. The number of rotatable bonds is 7. The Morgan fingerprint density at radius 2 is 2.08 bits per heavy atom. The highest BCUT2D eigenvalue weighted by Crippen LogP contribution is 2.32. The largest absolute Gasteiger partial charge is 0.425 e. The average molecular weight is 535 g/mol. The molecule has 0 bridgehead atoms. The Bertz CT molecular complexity index is 1360. The molecular formula is C25H25ClF2N4O5. The molecule has 9 nitrogen and oxygen atoms in total. The van der Waals surface area contributed by atoms with E-state index in [0.717, 1.165) is 4.90 Å². The first-order chi connectivity index (χ1) is 17.5. The van der Waals surface area contributed by atoms with E-state index in [1.54, 1.807) is 12.1 Å². The number of hydrogen-bond donors (Lipinski definition) is 2. The number of aliphatic hydroxyl groups is 1. The second-order valence-electron chi connectivity index (χ2n) is 9.12. The molecule has 3 atom stereocenters. The van der Waals surface area contributed by atoms with Crippen LogP contribution in [-0.2, 0) is 16.1 Å². The molecule has 4 rings (SSSR count). The Morgan fingerprint density at radius 1 is 1.32 bits per heavy atom. The molecule has 0 unspecified atom stereocenters. The van der Waals surface area contributed by atoms with Crippen LogP contribution in [0.5, 0.6) is 0 Å². The third-order valence-corrected chi connectivity index (χ3v) is 6.45. The van der Waals surface area contributed by atoms with Gasteiger partial charge in [0, 0.05) is 35.3 Å². The molecule has 1 aliphatic rings. The fourth-order valence-electron chi connectivity index (χ4n) is 4.42. The molecule has 0 aliphatic carbocycles. The summed E-state index contributed by atoms with van der Waals surface area (Å²) in [5.74, 6) is -1.57. The van der Waals surface area contributed by atoms with E-state index in [1.807, 2.05) is 0 Å². The number of alkyl halides is 1. The van der Waals surface area contributed by atoms with Crippen molar-refractivity contribution in [3.05, 3.63) is 64.7 Å². The molecule has 37 heavy (non-hydrogen) atoms. The monoisotopic (exact) mass is 534 g/mol. The predicted molar refractivity (Wildman–Crippen MR) is 130 cm³/mol. The number of carbonyl (C=O) groups excluding carboxylic acids is 3. The first-order valence-corrected chi connectivity index (χ1v) is 11.8. The van der Waals surface area contributed by atoms with Gasteiger partial charge in [-0.15, -0.1) is 0 Å². The minimum atomic E-state index is -1.84. The molecule has 0 spiro atoms. The van der Waals surface area contributed by atoms with Crippen molar-refractivity contribution in [2.75, 3.05) is 13.2 Å². The molecule has 196 valence electrons. The Labute approximate surface area is 216 Å². The lowest BCUT2D eigenvalue weighted by molar-refractivity contribution is -0.138. The Kier molecular flexibility index (Phi) is 7.47. The molecule has 2 amide bonds. The van der Waals surface area contributed by atoms with E-state index in [4.69, 9.17) is 16.3 Å². The van der Waals surface area contributed by atoms with Gasteiger partial charge >= 0.3 is 6.09 Å². The molecule has 12 heteroatoms. The van der Waals surface area contributed by atoms with Crippen LogP contribution in [-0.4, -0.2) is 62.4 Å². The number of hydrogen-bond acceptors (Lipinski definition) is 6. The summed E-state index contributed by atoms with van der Waals surface area (Å²) in [7, 11) is 0. The summed E-state index contributed by atoms with van der Waals surface area (Å²) >= 11 is 5.78. The van der Waals surface area contributed by atoms with Gasteiger partial charge in [-0.05, 0) is 32.0 Å². The third kappa shape index (κ3) is 5.57. The molecule has 1 saturated heterocycles. The number of nitrogens with one attached hydrogen (secondary N) is 1. The second-order valence-corrected chi connectivity index (χ2v) is 9.53. The van der Waals surface area contributed by atoms with Crippen molar-refractivity contribution < 1.29 is 33.0 Å². The number of aliphatic hydroxyl groups excluding tert-OH is 1. The van der Waals surface area contributed by atoms with Crippen molar-refractivity contribution in [1.29, 1.82) is 0 Å². The van der Waals surface area contributed by atoms with E-state index >= 15 is 0 Å². The second kappa shape index (κ2) is 10.4. The number of benzene rings is 1. The van der Waals surface area contributed by atoms with Crippen molar-refractivity contribution in [1.82, 2.24) is 19.8 Å². The summed E-state index contributed by atoms with van der Waals surface area (Å²) in [6, 6.07) is 6.32. The molecule has 1 fully saturated rings. The first kappa shape index (κ1) is 26.5.